The Balaban J connectivity index is 2.57. The van der Waals surface area contributed by atoms with E-state index in [-0.39, 0.29) is 42.0 Å². The molecule has 0 bridgehead atoms. The number of anilines is 1. The third-order valence-electron chi connectivity index (χ3n) is 4.45. The summed E-state index contributed by atoms with van der Waals surface area (Å²) in [4.78, 5) is 37.0. The summed E-state index contributed by atoms with van der Waals surface area (Å²) >= 11 is 0. The molecule has 162 valence electrons. The zero-order valence-electron chi connectivity index (χ0n) is 17.9. The molecule has 1 aromatic carbocycles. The minimum Gasteiger partial charge on any atom is -0.379 e. The molecule has 0 heterocycles. The smallest absolute Gasteiger partial charge is 0.226 e. The van der Waals surface area contributed by atoms with Gasteiger partial charge >= 0.3 is 0 Å². The quantitative estimate of drug-likeness (QED) is 0.353. The molecule has 0 saturated heterocycles. The normalized spacial score (nSPS) is 11.9. The Bertz CT molecular complexity index is 673. The van der Waals surface area contributed by atoms with Crippen LogP contribution < -0.4 is 5.32 Å². The number of ether oxygens (including phenoxy) is 3. The lowest BCUT2D eigenvalue weighted by atomic mass is 9.91. The molecule has 1 N–H and O–H groups in total. The maximum Gasteiger partial charge on any atom is 0.226 e. The van der Waals surface area contributed by atoms with Crippen molar-refractivity contribution in [3.8, 4) is 0 Å². The fourth-order valence-corrected chi connectivity index (χ4v) is 2.61. The summed E-state index contributed by atoms with van der Waals surface area (Å²) in [5, 5.41) is 2.75. The van der Waals surface area contributed by atoms with Crippen molar-refractivity contribution in [2.75, 3.05) is 45.0 Å². The summed E-state index contributed by atoms with van der Waals surface area (Å²) < 4.78 is 15.9. The number of nitrogens with one attached hydrogen (secondary N) is 1. The standard InChI is InChI=1S/C22H33NO6/c1-5-16(3)22(26)21-18(17(4)24)8-7-9-19(21)23-20(25)10-11-28-14-15-29-13-12-27-6-2/h7-9,16H,5-6,10-15H2,1-4H3,(H,23,25). The Hall–Kier alpha value is -2.09. The van der Waals surface area contributed by atoms with E-state index in [0.29, 0.717) is 50.7 Å². The number of hydrogen-bond acceptors (Lipinski definition) is 6. The summed E-state index contributed by atoms with van der Waals surface area (Å²) in [6, 6.07) is 4.92. The average Bonchev–Trinajstić information content (AvgIpc) is 2.71. The SMILES string of the molecule is CCOCCOCCOCCC(=O)Nc1cccc(C(C)=O)c1C(=O)C(C)CC. The van der Waals surface area contributed by atoms with E-state index in [1.165, 1.54) is 6.92 Å². The molecule has 1 atom stereocenters. The number of carbonyl (C=O) groups is 3. The Morgan fingerprint density at radius 2 is 1.59 bits per heavy atom. The number of hydrogen-bond donors (Lipinski definition) is 1. The molecule has 1 rings (SSSR count). The van der Waals surface area contributed by atoms with Gasteiger partial charge in [0.1, 0.15) is 0 Å². The van der Waals surface area contributed by atoms with Crippen molar-refractivity contribution in [2.45, 2.75) is 40.5 Å². The van der Waals surface area contributed by atoms with E-state index in [9.17, 15) is 14.4 Å². The van der Waals surface area contributed by atoms with Crippen molar-refractivity contribution in [2.24, 2.45) is 5.92 Å². The molecule has 0 radical (unpaired) electrons. The molecule has 29 heavy (non-hydrogen) atoms. The van der Waals surface area contributed by atoms with Gasteiger partial charge in [0.15, 0.2) is 11.6 Å². The van der Waals surface area contributed by atoms with Gasteiger partial charge in [-0.15, -0.1) is 0 Å². The highest BCUT2D eigenvalue weighted by atomic mass is 16.5. The van der Waals surface area contributed by atoms with Gasteiger partial charge in [0.2, 0.25) is 5.91 Å². The molecule has 0 saturated carbocycles. The second-order valence-electron chi connectivity index (χ2n) is 6.68. The predicted molar refractivity (Wildman–Crippen MR) is 112 cm³/mol. The van der Waals surface area contributed by atoms with Crippen LogP contribution in [0, 0.1) is 5.92 Å². The lowest BCUT2D eigenvalue weighted by molar-refractivity contribution is -0.117. The van der Waals surface area contributed by atoms with Crippen molar-refractivity contribution in [1.82, 2.24) is 0 Å². The van der Waals surface area contributed by atoms with E-state index in [4.69, 9.17) is 14.2 Å². The molecule has 1 unspecified atom stereocenters. The summed E-state index contributed by atoms with van der Waals surface area (Å²) in [5.41, 5.74) is 0.979. The second-order valence-corrected chi connectivity index (χ2v) is 6.68. The van der Waals surface area contributed by atoms with Crippen LogP contribution in [-0.4, -0.2) is 57.1 Å². The van der Waals surface area contributed by atoms with Gasteiger partial charge in [0, 0.05) is 18.1 Å². The maximum absolute atomic E-state index is 12.8. The van der Waals surface area contributed by atoms with Crippen molar-refractivity contribution in [1.29, 1.82) is 0 Å². The van der Waals surface area contributed by atoms with Gasteiger partial charge in [-0.2, -0.15) is 0 Å². The number of rotatable bonds is 15. The van der Waals surface area contributed by atoms with Gasteiger partial charge in [-0.05, 0) is 26.3 Å². The Kier molecular flexibility index (Phi) is 12.0. The number of amides is 1. The van der Waals surface area contributed by atoms with E-state index in [0.717, 1.165) is 0 Å². The third kappa shape index (κ3) is 8.85. The molecule has 0 aliphatic heterocycles. The highest BCUT2D eigenvalue weighted by Gasteiger charge is 2.23. The van der Waals surface area contributed by atoms with Crippen LogP contribution in [0.3, 0.4) is 0 Å². The van der Waals surface area contributed by atoms with E-state index < -0.39 is 0 Å². The van der Waals surface area contributed by atoms with Gasteiger partial charge in [-0.3, -0.25) is 14.4 Å². The molecule has 1 amide bonds. The fourth-order valence-electron chi connectivity index (χ4n) is 2.61. The molecule has 0 spiro atoms. The van der Waals surface area contributed by atoms with E-state index in [1.807, 2.05) is 20.8 Å². The number of benzene rings is 1. The maximum atomic E-state index is 12.8. The first kappa shape index (κ1) is 24.9. The first-order chi connectivity index (χ1) is 13.9. The van der Waals surface area contributed by atoms with Crippen molar-refractivity contribution < 1.29 is 28.6 Å². The van der Waals surface area contributed by atoms with Crippen molar-refractivity contribution >= 4 is 23.2 Å². The van der Waals surface area contributed by atoms with Gasteiger partial charge in [-0.1, -0.05) is 26.0 Å². The minimum absolute atomic E-state index is 0.139. The van der Waals surface area contributed by atoms with Crippen LogP contribution in [0.25, 0.3) is 0 Å². The van der Waals surface area contributed by atoms with Crippen LogP contribution in [0.5, 0.6) is 0 Å². The second kappa shape index (κ2) is 14.0. The highest BCUT2D eigenvalue weighted by molar-refractivity contribution is 6.13. The molecular weight excluding hydrogens is 374 g/mol. The Morgan fingerprint density at radius 1 is 0.966 bits per heavy atom. The molecule has 7 nitrogen and oxygen atoms in total. The highest BCUT2D eigenvalue weighted by Crippen LogP contribution is 2.25. The summed E-state index contributed by atoms with van der Waals surface area (Å²) in [5.74, 6) is -0.868. The Labute approximate surface area is 173 Å². The van der Waals surface area contributed by atoms with Crippen molar-refractivity contribution in [3.05, 3.63) is 29.3 Å². The third-order valence-corrected chi connectivity index (χ3v) is 4.45. The van der Waals surface area contributed by atoms with Gasteiger partial charge in [0.25, 0.3) is 0 Å². The minimum atomic E-state index is -0.277. The van der Waals surface area contributed by atoms with E-state index >= 15 is 0 Å². The zero-order valence-corrected chi connectivity index (χ0v) is 17.9. The average molecular weight is 408 g/mol. The lowest BCUT2D eigenvalue weighted by Gasteiger charge is -2.16. The first-order valence-electron chi connectivity index (χ1n) is 10.1. The molecule has 0 aromatic heterocycles. The van der Waals surface area contributed by atoms with Crippen molar-refractivity contribution in [3.63, 3.8) is 0 Å². The molecule has 1 aromatic rings. The monoisotopic (exact) mass is 407 g/mol. The van der Waals surface area contributed by atoms with Gasteiger partial charge in [-0.25, -0.2) is 0 Å². The van der Waals surface area contributed by atoms with Crippen LogP contribution >= 0.6 is 0 Å². The Morgan fingerprint density at radius 3 is 2.17 bits per heavy atom. The summed E-state index contributed by atoms with van der Waals surface area (Å²) in [7, 11) is 0. The van der Waals surface area contributed by atoms with Crippen LogP contribution in [-0.2, 0) is 19.0 Å². The topological polar surface area (TPSA) is 90.9 Å². The fraction of sp³-hybridized carbons (Fsp3) is 0.591. The number of ketones is 2. The van der Waals surface area contributed by atoms with Crippen LogP contribution in [0.4, 0.5) is 5.69 Å². The zero-order chi connectivity index (χ0) is 21.6. The van der Waals surface area contributed by atoms with E-state index in [2.05, 4.69) is 5.32 Å². The van der Waals surface area contributed by atoms with Crippen LogP contribution in [0.2, 0.25) is 0 Å². The van der Waals surface area contributed by atoms with E-state index in [1.54, 1.807) is 18.2 Å². The summed E-state index contributed by atoms with van der Waals surface area (Å²) in [6.45, 7) is 9.85. The molecular formula is C22H33NO6. The number of Topliss-reactive ketones (excluding diaryl/α,β-unsaturated/α-hetero) is 2. The van der Waals surface area contributed by atoms with Crippen LogP contribution in [0.15, 0.2) is 18.2 Å². The number of carbonyl (C=O) groups excluding carboxylic acids is 3. The lowest BCUT2D eigenvalue weighted by Crippen LogP contribution is -2.21. The molecule has 7 heteroatoms. The largest absolute Gasteiger partial charge is 0.379 e. The summed E-state index contributed by atoms with van der Waals surface area (Å²) in [6.07, 6.45) is 0.791. The van der Waals surface area contributed by atoms with Gasteiger partial charge < -0.3 is 19.5 Å². The molecule has 0 fully saturated rings. The predicted octanol–water partition coefficient (Wildman–Crippen LogP) is 3.52. The van der Waals surface area contributed by atoms with Crippen LogP contribution in [0.1, 0.15) is 61.3 Å². The van der Waals surface area contributed by atoms with Gasteiger partial charge in [0.05, 0.1) is 50.7 Å². The first-order valence-corrected chi connectivity index (χ1v) is 10.1. The molecule has 0 aliphatic rings. The molecule has 0 aliphatic carbocycles.